The van der Waals surface area contributed by atoms with E-state index in [1.807, 2.05) is 0 Å². The molecular formula is C17H18F3N3O2S. The normalized spacial score (nSPS) is 17.0. The van der Waals surface area contributed by atoms with Crippen LogP contribution in [0.1, 0.15) is 37.0 Å². The fourth-order valence-corrected chi connectivity index (χ4v) is 3.55. The number of hydrogen-bond acceptors (Lipinski definition) is 4. The lowest BCUT2D eigenvalue weighted by Gasteiger charge is -2.29. The Morgan fingerprint density at radius 2 is 1.96 bits per heavy atom. The molecule has 0 radical (unpaired) electrons. The zero-order valence-corrected chi connectivity index (χ0v) is 15.3. The van der Waals surface area contributed by atoms with Gasteiger partial charge in [-0.3, -0.25) is 9.69 Å². The number of nitriles is 1. The van der Waals surface area contributed by atoms with Gasteiger partial charge in [0, 0.05) is 13.2 Å². The van der Waals surface area contributed by atoms with Crippen molar-refractivity contribution in [2.24, 2.45) is 0 Å². The number of benzene rings is 1. The standard InChI is InChI=1S/C17H18F3N3O2S/c1-10-12(6-5-11(9-21)13(10)17(18,19)20)23-14(25)16(2,3)22(15(23)26)7-4-8-24/h5-6,24H,4,7-8H2,1-3H3. The average molecular weight is 385 g/mol. The second-order valence-corrected chi connectivity index (χ2v) is 6.82. The number of anilines is 1. The van der Waals surface area contributed by atoms with Crippen molar-refractivity contribution in [3.05, 3.63) is 28.8 Å². The maximum atomic E-state index is 13.4. The van der Waals surface area contributed by atoms with Gasteiger partial charge in [0.1, 0.15) is 5.54 Å². The van der Waals surface area contributed by atoms with Gasteiger partial charge in [0.15, 0.2) is 5.11 Å². The number of amides is 1. The van der Waals surface area contributed by atoms with Crippen molar-refractivity contribution in [1.82, 2.24) is 4.90 Å². The highest BCUT2D eigenvalue weighted by Crippen LogP contribution is 2.41. The molecule has 0 saturated carbocycles. The van der Waals surface area contributed by atoms with Gasteiger partial charge >= 0.3 is 6.18 Å². The summed E-state index contributed by atoms with van der Waals surface area (Å²) in [6.45, 7) is 4.67. The number of carbonyl (C=O) groups is 1. The van der Waals surface area contributed by atoms with Crippen LogP contribution < -0.4 is 4.90 Å². The van der Waals surface area contributed by atoms with Crippen LogP contribution in [0.5, 0.6) is 0 Å². The highest BCUT2D eigenvalue weighted by molar-refractivity contribution is 7.80. The van der Waals surface area contributed by atoms with Gasteiger partial charge in [0.2, 0.25) is 0 Å². The molecular weight excluding hydrogens is 367 g/mol. The van der Waals surface area contributed by atoms with E-state index in [2.05, 4.69) is 0 Å². The van der Waals surface area contributed by atoms with Crippen LogP contribution in [-0.4, -0.2) is 39.7 Å². The van der Waals surface area contributed by atoms with Crippen molar-refractivity contribution in [2.75, 3.05) is 18.1 Å². The molecule has 1 amide bonds. The van der Waals surface area contributed by atoms with E-state index in [1.54, 1.807) is 24.8 Å². The minimum Gasteiger partial charge on any atom is -0.396 e. The van der Waals surface area contributed by atoms with Gasteiger partial charge in [0.05, 0.1) is 22.9 Å². The quantitative estimate of drug-likeness (QED) is 0.807. The molecule has 0 spiro atoms. The van der Waals surface area contributed by atoms with E-state index in [0.717, 1.165) is 11.0 Å². The highest BCUT2D eigenvalue weighted by atomic mass is 32.1. The van der Waals surface area contributed by atoms with Gasteiger partial charge in [-0.2, -0.15) is 18.4 Å². The zero-order valence-electron chi connectivity index (χ0n) is 14.5. The Bertz CT molecular complexity index is 800. The summed E-state index contributed by atoms with van der Waals surface area (Å²) in [6, 6.07) is 3.89. The molecule has 1 aromatic rings. The predicted octanol–water partition coefficient (Wildman–Crippen LogP) is 2.98. The first-order chi connectivity index (χ1) is 12.0. The van der Waals surface area contributed by atoms with E-state index in [9.17, 15) is 18.0 Å². The Kier molecular flexibility index (Phi) is 5.31. The predicted molar refractivity (Wildman–Crippen MR) is 93.5 cm³/mol. The first-order valence-electron chi connectivity index (χ1n) is 7.86. The summed E-state index contributed by atoms with van der Waals surface area (Å²) in [4.78, 5) is 15.5. The zero-order chi connectivity index (χ0) is 19.9. The van der Waals surface area contributed by atoms with Crippen LogP contribution in [0.15, 0.2) is 12.1 Å². The third-order valence-electron chi connectivity index (χ3n) is 4.44. The van der Waals surface area contributed by atoms with Crippen molar-refractivity contribution < 1.29 is 23.1 Å². The number of carbonyl (C=O) groups excluding carboxylic acids is 1. The summed E-state index contributed by atoms with van der Waals surface area (Å²) in [6.07, 6.45) is -4.37. The van der Waals surface area contributed by atoms with Crippen LogP contribution >= 0.6 is 12.2 Å². The maximum Gasteiger partial charge on any atom is 0.418 e. The number of hydrogen-bond donors (Lipinski definition) is 1. The molecule has 1 saturated heterocycles. The molecule has 1 fully saturated rings. The molecule has 5 nitrogen and oxygen atoms in total. The summed E-state index contributed by atoms with van der Waals surface area (Å²) in [7, 11) is 0. The summed E-state index contributed by atoms with van der Waals surface area (Å²) in [5, 5.41) is 18.1. The maximum absolute atomic E-state index is 13.4. The highest BCUT2D eigenvalue weighted by Gasteiger charge is 2.50. The number of thiocarbonyl (C=S) groups is 1. The fraction of sp³-hybridized carbons (Fsp3) is 0.471. The monoisotopic (exact) mass is 385 g/mol. The third-order valence-corrected chi connectivity index (χ3v) is 4.85. The lowest BCUT2D eigenvalue weighted by Crippen LogP contribution is -2.44. The second kappa shape index (κ2) is 6.85. The summed E-state index contributed by atoms with van der Waals surface area (Å²) < 4.78 is 40.3. The Hall–Kier alpha value is -2.18. The summed E-state index contributed by atoms with van der Waals surface area (Å²) >= 11 is 5.34. The molecule has 9 heteroatoms. The van der Waals surface area contributed by atoms with E-state index in [0.29, 0.717) is 13.0 Å². The largest absolute Gasteiger partial charge is 0.418 e. The van der Waals surface area contributed by atoms with Crippen LogP contribution in [0.3, 0.4) is 0 Å². The molecule has 1 heterocycles. The Morgan fingerprint density at radius 3 is 2.46 bits per heavy atom. The van der Waals surface area contributed by atoms with E-state index < -0.39 is 28.7 Å². The number of aliphatic hydroxyl groups excluding tert-OH is 1. The van der Waals surface area contributed by atoms with Crippen molar-refractivity contribution in [1.29, 1.82) is 5.26 Å². The van der Waals surface area contributed by atoms with Crippen LogP contribution in [0.4, 0.5) is 18.9 Å². The average Bonchev–Trinajstić information content (AvgIpc) is 2.70. The molecule has 26 heavy (non-hydrogen) atoms. The number of nitrogens with zero attached hydrogens (tertiary/aromatic N) is 3. The molecule has 0 aliphatic carbocycles. The van der Waals surface area contributed by atoms with Crippen molar-refractivity contribution >= 4 is 28.9 Å². The molecule has 0 bridgehead atoms. The van der Waals surface area contributed by atoms with Crippen LogP contribution in [0.25, 0.3) is 0 Å². The van der Waals surface area contributed by atoms with E-state index in [4.69, 9.17) is 22.6 Å². The topological polar surface area (TPSA) is 67.6 Å². The minimum atomic E-state index is -4.73. The molecule has 1 aromatic carbocycles. The molecule has 1 N–H and O–H groups in total. The van der Waals surface area contributed by atoms with Crippen molar-refractivity contribution in [3.63, 3.8) is 0 Å². The summed E-state index contributed by atoms with van der Waals surface area (Å²) in [5.41, 5.74) is -2.85. The Morgan fingerprint density at radius 1 is 1.35 bits per heavy atom. The van der Waals surface area contributed by atoms with Crippen LogP contribution in [0, 0.1) is 18.3 Å². The fourth-order valence-electron chi connectivity index (χ4n) is 3.05. The molecule has 1 aliphatic heterocycles. The van der Waals surface area contributed by atoms with E-state index in [-0.39, 0.29) is 23.0 Å². The Balaban J connectivity index is 2.60. The number of alkyl halides is 3. The van der Waals surface area contributed by atoms with E-state index in [1.165, 1.54) is 13.0 Å². The van der Waals surface area contributed by atoms with Gasteiger partial charge in [-0.05, 0) is 57.1 Å². The second-order valence-electron chi connectivity index (χ2n) is 6.45. The first kappa shape index (κ1) is 20.1. The van der Waals surface area contributed by atoms with E-state index >= 15 is 0 Å². The van der Waals surface area contributed by atoms with Gasteiger partial charge in [-0.25, -0.2) is 0 Å². The molecule has 2 rings (SSSR count). The lowest BCUT2D eigenvalue weighted by atomic mass is 9.98. The molecule has 0 unspecified atom stereocenters. The minimum absolute atomic E-state index is 0.00546. The van der Waals surface area contributed by atoms with Crippen LogP contribution in [-0.2, 0) is 11.0 Å². The van der Waals surface area contributed by atoms with Gasteiger partial charge in [-0.15, -0.1) is 0 Å². The summed E-state index contributed by atoms with van der Waals surface area (Å²) in [5.74, 6) is -0.457. The van der Waals surface area contributed by atoms with Gasteiger partial charge in [0.25, 0.3) is 5.91 Å². The first-order valence-corrected chi connectivity index (χ1v) is 8.27. The molecule has 1 aliphatic rings. The molecule has 0 atom stereocenters. The lowest BCUT2D eigenvalue weighted by molar-refractivity contribution is -0.138. The number of rotatable bonds is 4. The molecule has 0 aromatic heterocycles. The number of halogens is 3. The Labute approximate surface area is 154 Å². The van der Waals surface area contributed by atoms with Crippen molar-refractivity contribution in [2.45, 2.75) is 38.9 Å². The third kappa shape index (κ3) is 3.15. The number of aliphatic hydroxyl groups is 1. The SMILES string of the molecule is Cc1c(N2C(=O)C(C)(C)N(CCCO)C2=S)ccc(C#N)c1C(F)(F)F. The van der Waals surface area contributed by atoms with Gasteiger partial charge in [-0.1, -0.05) is 0 Å². The van der Waals surface area contributed by atoms with Crippen molar-refractivity contribution in [3.8, 4) is 6.07 Å². The van der Waals surface area contributed by atoms with Gasteiger partial charge < -0.3 is 10.0 Å². The van der Waals surface area contributed by atoms with Crippen LogP contribution in [0.2, 0.25) is 0 Å². The smallest absolute Gasteiger partial charge is 0.396 e. The molecule has 140 valence electrons.